The molecule has 0 atom stereocenters. The minimum absolute atomic E-state index is 0.301. The zero-order valence-electron chi connectivity index (χ0n) is 9.57. The van der Waals surface area contributed by atoms with Crippen molar-refractivity contribution in [2.45, 2.75) is 6.92 Å². The maximum atomic E-state index is 13.8. The normalized spacial score (nSPS) is 10.4. The van der Waals surface area contributed by atoms with Gasteiger partial charge in [-0.15, -0.1) is 0 Å². The summed E-state index contributed by atoms with van der Waals surface area (Å²) < 4.78 is 14.4. The molecule has 0 aliphatic heterocycles. The van der Waals surface area contributed by atoms with Crippen LogP contribution in [0.25, 0.3) is 0 Å². The van der Waals surface area contributed by atoms with E-state index in [0.29, 0.717) is 27.7 Å². The van der Waals surface area contributed by atoms with E-state index in [2.05, 4.69) is 25.9 Å². The third-order valence-corrected chi connectivity index (χ3v) is 3.69. The van der Waals surface area contributed by atoms with E-state index in [0.717, 1.165) is 0 Å². The molecule has 0 N–H and O–H groups in total. The Bertz CT molecular complexity index is 565. The molecule has 1 heterocycles. The van der Waals surface area contributed by atoms with Crippen LogP contribution in [0, 0.1) is 5.82 Å². The molecule has 0 fully saturated rings. The molecule has 3 nitrogen and oxygen atoms in total. The SMILES string of the molecule is CCN(c1ccccc1F)c1ncnc(Cl)c1Br. The summed E-state index contributed by atoms with van der Waals surface area (Å²) in [6, 6.07) is 6.53. The van der Waals surface area contributed by atoms with E-state index in [1.165, 1.54) is 12.4 Å². The van der Waals surface area contributed by atoms with Gasteiger partial charge in [-0.05, 0) is 35.0 Å². The summed E-state index contributed by atoms with van der Waals surface area (Å²) in [6.07, 6.45) is 1.35. The van der Waals surface area contributed by atoms with Crippen LogP contribution in [0.3, 0.4) is 0 Å². The first-order chi connectivity index (χ1) is 8.65. The largest absolute Gasteiger partial charge is 0.323 e. The molecule has 0 bridgehead atoms. The van der Waals surface area contributed by atoms with Crippen molar-refractivity contribution in [2.24, 2.45) is 0 Å². The van der Waals surface area contributed by atoms with Gasteiger partial charge in [-0.1, -0.05) is 23.7 Å². The van der Waals surface area contributed by atoms with Crippen molar-refractivity contribution in [3.8, 4) is 0 Å². The number of halogens is 3. The second-order valence-electron chi connectivity index (χ2n) is 3.50. The fourth-order valence-electron chi connectivity index (χ4n) is 1.63. The molecule has 6 heteroatoms. The van der Waals surface area contributed by atoms with Crippen LogP contribution in [0.15, 0.2) is 35.1 Å². The highest BCUT2D eigenvalue weighted by atomic mass is 79.9. The molecule has 0 radical (unpaired) electrons. The highest BCUT2D eigenvalue weighted by molar-refractivity contribution is 9.10. The molecule has 2 rings (SSSR count). The molecule has 18 heavy (non-hydrogen) atoms. The number of aromatic nitrogens is 2. The van der Waals surface area contributed by atoms with Gasteiger partial charge in [-0.25, -0.2) is 14.4 Å². The Morgan fingerprint density at radius 2 is 2.06 bits per heavy atom. The van der Waals surface area contributed by atoms with Crippen molar-refractivity contribution in [1.29, 1.82) is 0 Å². The number of hydrogen-bond donors (Lipinski definition) is 0. The van der Waals surface area contributed by atoms with Crippen LogP contribution in [0.2, 0.25) is 5.15 Å². The molecule has 0 saturated carbocycles. The first-order valence-corrected chi connectivity index (χ1v) is 6.50. The number of para-hydroxylation sites is 1. The summed E-state index contributed by atoms with van der Waals surface area (Å²) in [7, 11) is 0. The van der Waals surface area contributed by atoms with Gasteiger partial charge in [0.2, 0.25) is 0 Å². The lowest BCUT2D eigenvalue weighted by molar-refractivity contribution is 0.625. The number of nitrogens with zero attached hydrogens (tertiary/aromatic N) is 3. The molecule has 1 aromatic carbocycles. The van der Waals surface area contributed by atoms with Gasteiger partial charge in [0, 0.05) is 6.54 Å². The van der Waals surface area contributed by atoms with E-state index >= 15 is 0 Å². The van der Waals surface area contributed by atoms with Crippen molar-refractivity contribution in [2.75, 3.05) is 11.4 Å². The molecule has 1 aromatic heterocycles. The summed E-state index contributed by atoms with van der Waals surface area (Å²) in [5.74, 6) is 0.239. The Balaban J connectivity index is 2.53. The maximum absolute atomic E-state index is 13.8. The van der Waals surface area contributed by atoms with E-state index in [9.17, 15) is 4.39 Å². The lowest BCUT2D eigenvalue weighted by atomic mass is 10.2. The van der Waals surface area contributed by atoms with Crippen molar-refractivity contribution in [1.82, 2.24) is 9.97 Å². The highest BCUT2D eigenvalue weighted by Crippen LogP contribution is 2.34. The summed E-state index contributed by atoms with van der Waals surface area (Å²) in [5, 5.41) is 0.301. The predicted molar refractivity (Wildman–Crippen MR) is 73.8 cm³/mol. The number of benzene rings is 1. The fraction of sp³-hybridized carbons (Fsp3) is 0.167. The first kappa shape index (κ1) is 13.2. The third kappa shape index (κ3) is 2.47. The Kier molecular flexibility index (Phi) is 4.14. The van der Waals surface area contributed by atoms with Crippen molar-refractivity contribution < 1.29 is 4.39 Å². The quantitative estimate of drug-likeness (QED) is 0.790. The second kappa shape index (κ2) is 5.63. The standard InChI is InChI=1S/C12H10BrClFN3/c1-2-18(9-6-4-3-5-8(9)15)12-10(13)11(14)16-7-17-12/h3-7H,2H2,1H3. The van der Waals surface area contributed by atoms with E-state index in [-0.39, 0.29) is 5.82 Å². The van der Waals surface area contributed by atoms with Crippen LogP contribution < -0.4 is 4.90 Å². The van der Waals surface area contributed by atoms with E-state index < -0.39 is 0 Å². The van der Waals surface area contributed by atoms with Crippen LogP contribution in [-0.4, -0.2) is 16.5 Å². The molecule has 0 unspecified atom stereocenters. The molecule has 94 valence electrons. The van der Waals surface area contributed by atoms with Crippen LogP contribution in [0.4, 0.5) is 15.9 Å². The maximum Gasteiger partial charge on any atom is 0.152 e. The molecular formula is C12H10BrClFN3. The first-order valence-electron chi connectivity index (χ1n) is 5.33. The van der Waals surface area contributed by atoms with Crippen molar-refractivity contribution in [3.63, 3.8) is 0 Å². The lowest BCUT2D eigenvalue weighted by Crippen LogP contribution is -2.19. The number of hydrogen-bond acceptors (Lipinski definition) is 3. The zero-order chi connectivity index (χ0) is 13.1. The Labute approximate surface area is 118 Å². The molecule has 0 saturated heterocycles. The van der Waals surface area contributed by atoms with Crippen LogP contribution >= 0.6 is 27.5 Å². The van der Waals surface area contributed by atoms with Crippen LogP contribution in [-0.2, 0) is 0 Å². The second-order valence-corrected chi connectivity index (χ2v) is 4.65. The monoisotopic (exact) mass is 329 g/mol. The van der Waals surface area contributed by atoms with Crippen molar-refractivity contribution in [3.05, 3.63) is 46.0 Å². The van der Waals surface area contributed by atoms with Crippen molar-refractivity contribution >= 4 is 39.0 Å². The van der Waals surface area contributed by atoms with Gasteiger partial charge in [0.15, 0.2) is 5.82 Å². The fourth-order valence-corrected chi connectivity index (χ4v) is 2.18. The average Bonchev–Trinajstić information content (AvgIpc) is 2.37. The molecule has 0 aliphatic rings. The molecule has 0 amide bonds. The summed E-state index contributed by atoms with van der Waals surface area (Å²) in [6.45, 7) is 2.47. The zero-order valence-corrected chi connectivity index (χ0v) is 11.9. The molecule has 2 aromatic rings. The average molecular weight is 331 g/mol. The summed E-state index contributed by atoms with van der Waals surface area (Å²) >= 11 is 9.25. The van der Waals surface area contributed by atoms with Crippen LogP contribution in [0.5, 0.6) is 0 Å². The van der Waals surface area contributed by atoms with Gasteiger partial charge >= 0.3 is 0 Å². The van der Waals surface area contributed by atoms with Crippen LogP contribution in [0.1, 0.15) is 6.92 Å². The summed E-state index contributed by atoms with van der Waals surface area (Å²) in [4.78, 5) is 9.73. The Morgan fingerprint density at radius 1 is 1.33 bits per heavy atom. The lowest BCUT2D eigenvalue weighted by Gasteiger charge is -2.23. The molecule has 0 spiro atoms. The van der Waals surface area contributed by atoms with E-state index in [1.54, 1.807) is 23.1 Å². The predicted octanol–water partition coefficient (Wildman–Crippen LogP) is 4.19. The summed E-state index contributed by atoms with van der Waals surface area (Å²) in [5.41, 5.74) is 0.454. The molecular weight excluding hydrogens is 321 g/mol. The minimum Gasteiger partial charge on any atom is -0.323 e. The van der Waals surface area contributed by atoms with Gasteiger partial charge in [0.1, 0.15) is 17.3 Å². The smallest absolute Gasteiger partial charge is 0.152 e. The highest BCUT2D eigenvalue weighted by Gasteiger charge is 2.17. The number of rotatable bonds is 3. The van der Waals surface area contributed by atoms with Gasteiger partial charge in [0.05, 0.1) is 10.2 Å². The van der Waals surface area contributed by atoms with E-state index in [4.69, 9.17) is 11.6 Å². The molecule has 0 aliphatic carbocycles. The topological polar surface area (TPSA) is 29.0 Å². The van der Waals surface area contributed by atoms with Gasteiger partial charge in [0.25, 0.3) is 0 Å². The van der Waals surface area contributed by atoms with Gasteiger partial charge in [-0.3, -0.25) is 0 Å². The minimum atomic E-state index is -0.305. The van der Waals surface area contributed by atoms with Gasteiger partial charge < -0.3 is 4.90 Å². The Hall–Kier alpha value is -1.20. The van der Waals surface area contributed by atoms with Gasteiger partial charge in [-0.2, -0.15) is 0 Å². The van der Waals surface area contributed by atoms with E-state index in [1.807, 2.05) is 6.92 Å². The Morgan fingerprint density at radius 3 is 2.72 bits per heavy atom. The third-order valence-electron chi connectivity index (χ3n) is 2.44. The number of anilines is 2.